The van der Waals surface area contributed by atoms with Crippen LogP contribution in [0.4, 0.5) is 0 Å². The molecule has 1 saturated heterocycles. The molecule has 7 nitrogen and oxygen atoms in total. The minimum absolute atomic E-state index is 0.113. The Kier molecular flexibility index (Phi) is 11.2. The standard InChI is InChI=1S/C38H44O7Si/c1-28(39)41-27-33-34(42-25-29-17-9-5-10-18-29)35(36(37(40)44-33)43-26-30-19-11-6-12-20-30)45-46(38(2,3)4,31-21-13-7-14-22-31)32-23-15-8-16-24-32/h5-24,33-37,40H,25-27H2,1-4H3/t33-,34-,35+,36+,37+/m1/s1. The Morgan fingerprint density at radius 3 is 1.57 bits per heavy atom. The first-order valence-corrected chi connectivity index (χ1v) is 17.7. The summed E-state index contributed by atoms with van der Waals surface area (Å²) in [6.45, 7) is 8.32. The fourth-order valence-corrected chi connectivity index (χ4v) is 10.9. The van der Waals surface area contributed by atoms with Crippen molar-refractivity contribution in [3.63, 3.8) is 0 Å². The summed E-state index contributed by atoms with van der Waals surface area (Å²) in [5.41, 5.74) is 1.91. The van der Waals surface area contributed by atoms with Gasteiger partial charge in [-0.1, -0.05) is 142 Å². The number of ether oxygens (including phenoxy) is 4. The van der Waals surface area contributed by atoms with E-state index in [1.807, 2.05) is 97.1 Å². The van der Waals surface area contributed by atoms with Crippen LogP contribution in [0.15, 0.2) is 121 Å². The van der Waals surface area contributed by atoms with E-state index in [9.17, 15) is 9.90 Å². The zero-order chi connectivity index (χ0) is 32.6. The summed E-state index contributed by atoms with van der Waals surface area (Å²) in [4.78, 5) is 12.0. The molecule has 5 rings (SSSR count). The quantitative estimate of drug-likeness (QED) is 0.164. The second-order valence-electron chi connectivity index (χ2n) is 12.6. The highest BCUT2D eigenvalue weighted by molar-refractivity contribution is 6.99. The van der Waals surface area contributed by atoms with Crippen molar-refractivity contribution in [3.8, 4) is 0 Å². The van der Waals surface area contributed by atoms with Crippen molar-refractivity contribution in [2.45, 2.75) is 76.7 Å². The van der Waals surface area contributed by atoms with Crippen LogP contribution in [0.3, 0.4) is 0 Å². The molecule has 0 unspecified atom stereocenters. The monoisotopic (exact) mass is 640 g/mol. The van der Waals surface area contributed by atoms with Crippen molar-refractivity contribution < 1.29 is 33.3 Å². The van der Waals surface area contributed by atoms with Crippen LogP contribution in [0.25, 0.3) is 0 Å². The third-order valence-corrected chi connectivity index (χ3v) is 13.4. The Bertz CT molecular complexity index is 1460. The first-order valence-electron chi connectivity index (χ1n) is 15.8. The maximum Gasteiger partial charge on any atom is 0.302 e. The molecule has 4 aromatic carbocycles. The van der Waals surface area contributed by atoms with Gasteiger partial charge in [0.25, 0.3) is 8.32 Å². The zero-order valence-corrected chi connectivity index (χ0v) is 28.0. The maximum atomic E-state index is 12.0. The molecule has 1 N–H and O–H groups in total. The van der Waals surface area contributed by atoms with Crippen molar-refractivity contribution in [2.75, 3.05) is 6.61 Å². The minimum Gasteiger partial charge on any atom is -0.463 e. The van der Waals surface area contributed by atoms with E-state index in [4.69, 9.17) is 23.4 Å². The van der Waals surface area contributed by atoms with Gasteiger partial charge in [0.1, 0.15) is 31.0 Å². The first kappa shape index (κ1) is 33.7. The lowest BCUT2D eigenvalue weighted by molar-refractivity contribution is -0.304. The van der Waals surface area contributed by atoms with Gasteiger partial charge in [-0.15, -0.1) is 0 Å². The van der Waals surface area contributed by atoms with E-state index in [0.717, 1.165) is 21.5 Å². The van der Waals surface area contributed by atoms with Gasteiger partial charge >= 0.3 is 5.97 Å². The normalized spacial score (nSPS) is 21.9. The molecule has 242 valence electrons. The van der Waals surface area contributed by atoms with Gasteiger partial charge in [-0.3, -0.25) is 4.79 Å². The number of hydrogen-bond acceptors (Lipinski definition) is 7. The van der Waals surface area contributed by atoms with Crippen LogP contribution in [-0.2, 0) is 41.4 Å². The Hall–Kier alpha value is -3.63. The van der Waals surface area contributed by atoms with Gasteiger partial charge in [-0.05, 0) is 26.5 Å². The molecule has 0 aliphatic carbocycles. The average Bonchev–Trinajstić information content (AvgIpc) is 3.06. The molecule has 1 aliphatic heterocycles. The molecule has 0 saturated carbocycles. The van der Waals surface area contributed by atoms with Crippen molar-refractivity contribution >= 4 is 24.7 Å². The third-order valence-electron chi connectivity index (χ3n) is 8.36. The molecule has 0 radical (unpaired) electrons. The number of carbonyl (C=O) groups is 1. The molecule has 0 aromatic heterocycles. The third kappa shape index (κ3) is 7.83. The van der Waals surface area contributed by atoms with Gasteiger partial charge in [0.2, 0.25) is 0 Å². The molecule has 1 aliphatic rings. The van der Waals surface area contributed by atoms with Crippen molar-refractivity contribution in [1.82, 2.24) is 0 Å². The van der Waals surface area contributed by atoms with Crippen molar-refractivity contribution in [3.05, 3.63) is 132 Å². The summed E-state index contributed by atoms with van der Waals surface area (Å²) < 4.78 is 32.4. The molecule has 0 amide bonds. The number of aliphatic hydroxyl groups is 1. The van der Waals surface area contributed by atoms with Crippen molar-refractivity contribution in [1.29, 1.82) is 0 Å². The van der Waals surface area contributed by atoms with E-state index in [1.165, 1.54) is 6.92 Å². The van der Waals surface area contributed by atoms with E-state index < -0.39 is 45.0 Å². The molecule has 1 fully saturated rings. The van der Waals surface area contributed by atoms with Crippen LogP contribution in [0.1, 0.15) is 38.8 Å². The Balaban J connectivity index is 1.64. The highest BCUT2D eigenvalue weighted by Gasteiger charge is 2.57. The summed E-state index contributed by atoms with van der Waals surface area (Å²) >= 11 is 0. The molecular formula is C38H44O7Si. The van der Waals surface area contributed by atoms with Gasteiger partial charge in [0.05, 0.1) is 13.2 Å². The number of carbonyl (C=O) groups excluding carboxylic acids is 1. The fourth-order valence-electron chi connectivity index (χ4n) is 6.17. The first-order chi connectivity index (χ1) is 22.2. The average molecular weight is 641 g/mol. The Labute approximate surface area is 273 Å². The van der Waals surface area contributed by atoms with Crippen LogP contribution >= 0.6 is 0 Å². The van der Waals surface area contributed by atoms with Gasteiger partial charge in [-0.25, -0.2) is 0 Å². The molecule has 1 heterocycles. The molecular weight excluding hydrogens is 596 g/mol. The van der Waals surface area contributed by atoms with E-state index in [1.54, 1.807) is 0 Å². The topological polar surface area (TPSA) is 83.5 Å². The second-order valence-corrected chi connectivity index (χ2v) is 16.9. The van der Waals surface area contributed by atoms with Crippen LogP contribution in [0.5, 0.6) is 0 Å². The number of benzene rings is 4. The van der Waals surface area contributed by atoms with Gasteiger partial charge in [-0.2, -0.15) is 0 Å². The Morgan fingerprint density at radius 1 is 0.696 bits per heavy atom. The summed E-state index contributed by atoms with van der Waals surface area (Å²) in [6.07, 6.45) is -4.67. The Morgan fingerprint density at radius 2 is 1.13 bits per heavy atom. The number of hydrogen-bond donors (Lipinski definition) is 1. The second kappa shape index (κ2) is 15.3. The maximum absolute atomic E-state index is 12.0. The lowest BCUT2D eigenvalue weighted by Gasteiger charge is -2.51. The molecule has 4 aromatic rings. The lowest BCUT2D eigenvalue weighted by atomic mass is 9.98. The van der Waals surface area contributed by atoms with E-state index in [0.29, 0.717) is 0 Å². The van der Waals surface area contributed by atoms with E-state index in [2.05, 4.69) is 45.0 Å². The predicted molar refractivity (Wildman–Crippen MR) is 180 cm³/mol. The van der Waals surface area contributed by atoms with E-state index in [-0.39, 0.29) is 24.9 Å². The molecule has 0 bridgehead atoms. The number of aliphatic hydroxyl groups excluding tert-OH is 1. The SMILES string of the molecule is CC(=O)OC[C@H]1O[C@H](O)[C@@H](OCc2ccccc2)[C@@H](O[Si](c2ccccc2)(c2ccccc2)C(C)(C)C)[C@@H]1OCc1ccccc1. The van der Waals surface area contributed by atoms with Crippen LogP contribution in [-0.4, -0.2) is 56.7 Å². The summed E-state index contributed by atoms with van der Waals surface area (Å²) in [5.74, 6) is -0.452. The zero-order valence-electron chi connectivity index (χ0n) is 27.0. The lowest BCUT2D eigenvalue weighted by Crippen LogP contribution is -2.72. The smallest absolute Gasteiger partial charge is 0.302 e. The number of esters is 1. The summed E-state index contributed by atoms with van der Waals surface area (Å²) in [7, 11) is -3.18. The van der Waals surface area contributed by atoms with Crippen LogP contribution in [0.2, 0.25) is 5.04 Å². The van der Waals surface area contributed by atoms with Crippen LogP contribution in [0, 0.1) is 0 Å². The molecule has 8 heteroatoms. The van der Waals surface area contributed by atoms with Crippen molar-refractivity contribution in [2.24, 2.45) is 0 Å². The van der Waals surface area contributed by atoms with Crippen LogP contribution < -0.4 is 10.4 Å². The molecule has 46 heavy (non-hydrogen) atoms. The summed E-state index contributed by atoms with van der Waals surface area (Å²) in [5, 5.41) is 13.4. The van der Waals surface area contributed by atoms with Gasteiger partial charge < -0.3 is 28.5 Å². The minimum atomic E-state index is -3.18. The highest BCUT2D eigenvalue weighted by Crippen LogP contribution is 2.40. The van der Waals surface area contributed by atoms with Gasteiger partial charge in [0, 0.05) is 6.92 Å². The fraction of sp³-hybridized carbons (Fsp3) is 0.342. The predicted octanol–water partition coefficient (Wildman–Crippen LogP) is 5.38. The molecule has 0 spiro atoms. The van der Waals surface area contributed by atoms with E-state index >= 15 is 0 Å². The number of rotatable bonds is 12. The van der Waals surface area contributed by atoms with Gasteiger partial charge in [0.15, 0.2) is 6.29 Å². The summed E-state index contributed by atoms with van der Waals surface area (Å²) in [6, 6.07) is 40.2. The largest absolute Gasteiger partial charge is 0.463 e. The highest BCUT2D eigenvalue weighted by atomic mass is 28.4. The molecule has 5 atom stereocenters.